The van der Waals surface area contributed by atoms with Crippen molar-refractivity contribution in [2.45, 2.75) is 18.5 Å². The number of hydrogen-bond donors (Lipinski definition) is 1. The largest absolute Gasteiger partial charge is 0.337 e. The number of nitrogens with one attached hydrogen (secondary N) is 1. The highest BCUT2D eigenvalue weighted by Gasteiger charge is 2.35. The highest BCUT2D eigenvalue weighted by molar-refractivity contribution is 5.99. The van der Waals surface area contributed by atoms with Crippen molar-refractivity contribution in [2.24, 2.45) is 0 Å². The molecule has 8 heteroatoms. The predicted molar refractivity (Wildman–Crippen MR) is 132 cm³/mol. The molecule has 0 spiro atoms. The van der Waals surface area contributed by atoms with Gasteiger partial charge in [-0.05, 0) is 48.9 Å². The third kappa shape index (κ3) is 4.17. The maximum absolute atomic E-state index is 13.0. The van der Waals surface area contributed by atoms with Crippen LogP contribution >= 0.6 is 0 Å². The fourth-order valence-corrected chi connectivity index (χ4v) is 4.98. The molecule has 2 aliphatic rings. The predicted octanol–water partition coefficient (Wildman–Crippen LogP) is 2.75. The summed E-state index contributed by atoms with van der Waals surface area (Å²) in [6, 6.07) is 19.5. The van der Waals surface area contributed by atoms with Crippen LogP contribution in [0.2, 0.25) is 0 Å². The lowest BCUT2D eigenvalue weighted by molar-refractivity contribution is 0.0553. The summed E-state index contributed by atoms with van der Waals surface area (Å²) in [6.45, 7) is 2.82. The Morgan fingerprint density at radius 2 is 1.54 bits per heavy atom. The summed E-state index contributed by atoms with van der Waals surface area (Å²) in [5.41, 5.74) is 2.38. The zero-order chi connectivity index (χ0) is 23.8. The highest BCUT2D eigenvalue weighted by Crippen LogP contribution is 2.23. The summed E-state index contributed by atoms with van der Waals surface area (Å²) in [7, 11) is 0. The van der Waals surface area contributed by atoms with Crippen LogP contribution in [-0.2, 0) is 0 Å². The molecule has 0 radical (unpaired) electrons. The van der Waals surface area contributed by atoms with Crippen LogP contribution in [0.4, 0.5) is 0 Å². The molecule has 0 saturated carbocycles. The molecule has 2 saturated heterocycles. The minimum atomic E-state index is 0.0426. The maximum Gasteiger partial charge on any atom is 0.253 e. The van der Waals surface area contributed by atoms with Gasteiger partial charge in [0.15, 0.2) is 0 Å². The van der Waals surface area contributed by atoms with E-state index in [1.807, 2.05) is 75.2 Å². The van der Waals surface area contributed by atoms with Crippen molar-refractivity contribution in [1.82, 2.24) is 29.7 Å². The van der Waals surface area contributed by atoms with E-state index in [1.165, 1.54) is 0 Å². The first-order valence-corrected chi connectivity index (χ1v) is 11.9. The van der Waals surface area contributed by atoms with Gasteiger partial charge in [0.2, 0.25) is 5.95 Å². The van der Waals surface area contributed by atoms with Crippen molar-refractivity contribution in [3.63, 3.8) is 0 Å². The smallest absolute Gasteiger partial charge is 0.253 e. The van der Waals surface area contributed by atoms with Crippen LogP contribution in [0.3, 0.4) is 0 Å². The lowest BCUT2D eigenvalue weighted by atomic mass is 10.0. The van der Waals surface area contributed by atoms with E-state index in [-0.39, 0.29) is 23.9 Å². The Morgan fingerprint density at radius 3 is 2.34 bits per heavy atom. The molecule has 0 unspecified atom stereocenters. The number of carbonyl (C=O) groups excluding carboxylic acids is 2. The van der Waals surface area contributed by atoms with Crippen LogP contribution in [0.1, 0.15) is 27.1 Å². The number of carbonyl (C=O) groups is 2. The topological polar surface area (TPSA) is 83.4 Å². The number of hydrogen-bond acceptors (Lipinski definition) is 5. The number of likely N-dealkylation sites (tertiary alicyclic amines) is 2. The standard InChI is InChI=1S/C27H26N6O2/c34-25(19-5-2-1-3-6-19)31-13-10-22(16-31)30-23-17-32(18-23)26(35)21-7-8-24-20(15-21)9-14-33(24)27-28-11-4-12-29-27/h1-9,11-12,14-15,22-23,30H,10,13,16-18H2/t22-/m0/s1. The maximum atomic E-state index is 13.0. The third-order valence-electron chi connectivity index (χ3n) is 6.84. The van der Waals surface area contributed by atoms with Crippen molar-refractivity contribution in [3.05, 3.63) is 90.4 Å². The second kappa shape index (κ2) is 8.96. The second-order valence-corrected chi connectivity index (χ2v) is 9.18. The number of nitrogens with zero attached hydrogens (tertiary/aromatic N) is 5. The number of amides is 2. The molecule has 2 aliphatic heterocycles. The minimum absolute atomic E-state index is 0.0426. The summed E-state index contributed by atoms with van der Waals surface area (Å²) in [5.74, 6) is 0.735. The second-order valence-electron chi connectivity index (χ2n) is 9.18. The molecular formula is C27H26N6O2. The number of fused-ring (bicyclic) bond motifs is 1. The van der Waals surface area contributed by atoms with Crippen molar-refractivity contribution >= 4 is 22.7 Å². The number of aromatic nitrogens is 3. The SMILES string of the molecule is O=C(c1ccc2c(ccn2-c2ncccn2)c1)N1CC(N[C@H]2CCN(C(=O)c3ccccc3)C2)C1. The van der Waals surface area contributed by atoms with Gasteiger partial charge in [0.1, 0.15) is 0 Å². The summed E-state index contributed by atoms with van der Waals surface area (Å²) < 4.78 is 1.92. The molecule has 2 aromatic heterocycles. The molecule has 1 atom stereocenters. The van der Waals surface area contributed by atoms with Gasteiger partial charge in [-0.3, -0.25) is 14.2 Å². The van der Waals surface area contributed by atoms with E-state index in [0.29, 0.717) is 31.1 Å². The molecular weight excluding hydrogens is 440 g/mol. The zero-order valence-electron chi connectivity index (χ0n) is 19.2. The average molecular weight is 467 g/mol. The van der Waals surface area contributed by atoms with Gasteiger partial charge in [0, 0.05) is 73.4 Å². The molecule has 2 aromatic carbocycles. The van der Waals surface area contributed by atoms with E-state index in [1.54, 1.807) is 18.5 Å². The molecule has 35 heavy (non-hydrogen) atoms. The van der Waals surface area contributed by atoms with Crippen molar-refractivity contribution in [3.8, 4) is 5.95 Å². The quantitative estimate of drug-likeness (QED) is 0.489. The van der Waals surface area contributed by atoms with Crippen molar-refractivity contribution in [2.75, 3.05) is 26.2 Å². The van der Waals surface area contributed by atoms with E-state index in [4.69, 9.17) is 0 Å². The summed E-state index contributed by atoms with van der Waals surface area (Å²) >= 11 is 0. The monoisotopic (exact) mass is 466 g/mol. The third-order valence-corrected chi connectivity index (χ3v) is 6.84. The summed E-state index contributed by atoms with van der Waals surface area (Å²) in [4.78, 5) is 38.1. The molecule has 1 N–H and O–H groups in total. The van der Waals surface area contributed by atoms with Gasteiger partial charge < -0.3 is 15.1 Å². The molecule has 6 rings (SSSR count). The Kier molecular flexibility index (Phi) is 5.50. The summed E-state index contributed by atoms with van der Waals surface area (Å²) in [5, 5.41) is 4.61. The van der Waals surface area contributed by atoms with Crippen LogP contribution in [0.25, 0.3) is 16.9 Å². The molecule has 4 aromatic rings. The zero-order valence-corrected chi connectivity index (χ0v) is 19.2. The first kappa shape index (κ1) is 21.5. The van der Waals surface area contributed by atoms with Gasteiger partial charge in [0.05, 0.1) is 5.52 Å². The van der Waals surface area contributed by atoms with Crippen LogP contribution in [0.5, 0.6) is 0 Å². The van der Waals surface area contributed by atoms with Gasteiger partial charge in [-0.25, -0.2) is 9.97 Å². The Labute approximate surface area is 203 Å². The van der Waals surface area contributed by atoms with Crippen LogP contribution in [0, 0.1) is 0 Å². The van der Waals surface area contributed by atoms with Gasteiger partial charge >= 0.3 is 0 Å². The normalized spacial score (nSPS) is 18.1. The van der Waals surface area contributed by atoms with Crippen LogP contribution < -0.4 is 5.32 Å². The first-order chi connectivity index (χ1) is 17.2. The van der Waals surface area contributed by atoms with Gasteiger partial charge in [-0.2, -0.15) is 0 Å². The van der Waals surface area contributed by atoms with E-state index < -0.39 is 0 Å². The van der Waals surface area contributed by atoms with Crippen molar-refractivity contribution < 1.29 is 9.59 Å². The van der Waals surface area contributed by atoms with E-state index >= 15 is 0 Å². The molecule has 2 fully saturated rings. The van der Waals surface area contributed by atoms with Gasteiger partial charge in [-0.1, -0.05) is 18.2 Å². The van der Waals surface area contributed by atoms with E-state index in [0.717, 1.165) is 29.4 Å². The molecule has 176 valence electrons. The Morgan fingerprint density at radius 1 is 0.800 bits per heavy atom. The fraction of sp³-hybridized carbons (Fsp3) is 0.259. The number of benzene rings is 2. The van der Waals surface area contributed by atoms with Gasteiger partial charge in [-0.15, -0.1) is 0 Å². The van der Waals surface area contributed by atoms with Gasteiger partial charge in [0.25, 0.3) is 11.8 Å². The Bertz CT molecular complexity index is 1360. The Balaban J connectivity index is 1.04. The molecule has 8 nitrogen and oxygen atoms in total. The van der Waals surface area contributed by atoms with E-state index in [9.17, 15) is 9.59 Å². The lowest BCUT2D eigenvalue weighted by Gasteiger charge is -2.41. The number of rotatable bonds is 5. The van der Waals surface area contributed by atoms with Crippen LogP contribution in [0.15, 0.2) is 79.3 Å². The van der Waals surface area contributed by atoms with Crippen LogP contribution in [-0.4, -0.2) is 74.4 Å². The Hall–Kier alpha value is -4.04. The highest BCUT2D eigenvalue weighted by atomic mass is 16.2. The average Bonchev–Trinajstić information content (AvgIpc) is 3.53. The molecule has 0 aliphatic carbocycles. The molecule has 2 amide bonds. The fourth-order valence-electron chi connectivity index (χ4n) is 4.98. The van der Waals surface area contributed by atoms with Crippen molar-refractivity contribution in [1.29, 1.82) is 0 Å². The minimum Gasteiger partial charge on any atom is -0.337 e. The summed E-state index contributed by atoms with van der Waals surface area (Å²) in [6.07, 6.45) is 6.28. The van der Waals surface area contributed by atoms with E-state index in [2.05, 4.69) is 15.3 Å². The molecule has 4 heterocycles. The molecule has 0 bridgehead atoms. The first-order valence-electron chi connectivity index (χ1n) is 11.9. The lowest BCUT2D eigenvalue weighted by Crippen LogP contribution is -2.62.